The molecule has 0 radical (unpaired) electrons. The standard InChI is InChI=1S/C27H25N3O5/c1-5-18-6-9-21(10-7-18)30-25(32)22(24(31)28-27(30)35)14-20-13-16(3)29(17(20)4)23-11-8-19(26(33)34)12-15(23)2/h6-14H,5H2,1-4H3,(H,33,34)(H,28,31,35)/b22-14-. The Bertz CT molecular complexity index is 1410. The first-order chi connectivity index (χ1) is 16.6. The predicted octanol–water partition coefficient (Wildman–Crippen LogP) is 4.33. The number of carbonyl (C=O) groups excluding carboxylic acids is 3. The summed E-state index contributed by atoms with van der Waals surface area (Å²) in [5.74, 6) is -2.46. The number of nitrogens with one attached hydrogen (secondary N) is 1. The summed E-state index contributed by atoms with van der Waals surface area (Å²) in [5, 5.41) is 11.5. The van der Waals surface area contributed by atoms with E-state index in [0.717, 1.165) is 39.5 Å². The molecule has 4 amide bonds. The fourth-order valence-electron chi connectivity index (χ4n) is 4.27. The minimum absolute atomic E-state index is 0.151. The number of nitrogens with zero attached hydrogens (tertiary/aromatic N) is 2. The summed E-state index contributed by atoms with van der Waals surface area (Å²) in [7, 11) is 0. The zero-order valence-electron chi connectivity index (χ0n) is 19.9. The highest BCUT2D eigenvalue weighted by molar-refractivity contribution is 6.39. The number of aryl methyl sites for hydroxylation is 3. The molecule has 1 fully saturated rings. The zero-order chi connectivity index (χ0) is 25.4. The molecular formula is C27H25N3O5. The average Bonchev–Trinajstić information content (AvgIpc) is 3.09. The van der Waals surface area contributed by atoms with Crippen molar-refractivity contribution in [1.82, 2.24) is 9.88 Å². The third-order valence-corrected chi connectivity index (χ3v) is 6.16. The van der Waals surface area contributed by atoms with Crippen LogP contribution in [0.4, 0.5) is 10.5 Å². The van der Waals surface area contributed by atoms with Gasteiger partial charge in [0.05, 0.1) is 11.3 Å². The molecule has 1 saturated heterocycles. The Morgan fingerprint density at radius 2 is 1.69 bits per heavy atom. The normalized spacial score (nSPS) is 15.0. The molecule has 0 aliphatic carbocycles. The molecule has 178 valence electrons. The van der Waals surface area contributed by atoms with Gasteiger partial charge in [0.2, 0.25) is 0 Å². The molecule has 0 spiro atoms. The highest BCUT2D eigenvalue weighted by Gasteiger charge is 2.37. The largest absolute Gasteiger partial charge is 0.478 e. The first-order valence-electron chi connectivity index (χ1n) is 11.2. The van der Waals surface area contributed by atoms with E-state index < -0.39 is 23.8 Å². The number of imide groups is 2. The fourth-order valence-corrected chi connectivity index (χ4v) is 4.27. The number of hydrogen-bond donors (Lipinski definition) is 2. The van der Waals surface area contributed by atoms with Crippen LogP contribution in [0.15, 0.2) is 54.1 Å². The van der Waals surface area contributed by atoms with Gasteiger partial charge in [-0.25, -0.2) is 14.5 Å². The Morgan fingerprint density at radius 1 is 1.00 bits per heavy atom. The highest BCUT2D eigenvalue weighted by atomic mass is 16.4. The summed E-state index contributed by atoms with van der Waals surface area (Å²) in [6.45, 7) is 7.56. The van der Waals surface area contributed by atoms with Crippen LogP contribution in [-0.4, -0.2) is 33.5 Å². The number of carboxylic acids is 1. The number of aromatic carboxylic acids is 1. The van der Waals surface area contributed by atoms with Gasteiger partial charge in [-0.2, -0.15) is 0 Å². The second kappa shape index (κ2) is 9.06. The van der Waals surface area contributed by atoms with Crippen LogP contribution in [0.25, 0.3) is 11.8 Å². The van der Waals surface area contributed by atoms with Crippen molar-refractivity contribution >= 4 is 35.6 Å². The lowest BCUT2D eigenvalue weighted by molar-refractivity contribution is -0.122. The Morgan fingerprint density at radius 3 is 2.29 bits per heavy atom. The van der Waals surface area contributed by atoms with Gasteiger partial charge in [-0.15, -0.1) is 0 Å². The summed E-state index contributed by atoms with van der Waals surface area (Å²) >= 11 is 0. The molecule has 0 unspecified atom stereocenters. The van der Waals surface area contributed by atoms with Gasteiger partial charge >= 0.3 is 12.0 Å². The third-order valence-electron chi connectivity index (χ3n) is 6.16. The summed E-state index contributed by atoms with van der Waals surface area (Å²) < 4.78 is 1.94. The van der Waals surface area contributed by atoms with Crippen molar-refractivity contribution in [3.8, 4) is 5.69 Å². The van der Waals surface area contributed by atoms with Gasteiger partial charge in [0.25, 0.3) is 11.8 Å². The van der Waals surface area contributed by atoms with Gasteiger partial charge in [-0.1, -0.05) is 19.1 Å². The summed E-state index contributed by atoms with van der Waals surface area (Å²) in [6, 6.07) is 12.9. The average molecular weight is 472 g/mol. The van der Waals surface area contributed by atoms with Gasteiger partial charge in [0.1, 0.15) is 5.57 Å². The fraction of sp³-hybridized carbons (Fsp3) is 0.185. The second-order valence-electron chi connectivity index (χ2n) is 8.45. The number of barbiturate groups is 1. The molecular weight excluding hydrogens is 446 g/mol. The van der Waals surface area contributed by atoms with Crippen molar-refractivity contribution in [2.75, 3.05) is 4.90 Å². The number of benzene rings is 2. The maximum Gasteiger partial charge on any atom is 0.335 e. The van der Waals surface area contributed by atoms with Gasteiger partial charge in [0, 0.05) is 17.1 Å². The van der Waals surface area contributed by atoms with Gasteiger partial charge in [-0.3, -0.25) is 14.9 Å². The number of carbonyl (C=O) groups is 4. The molecule has 0 saturated carbocycles. The van der Waals surface area contributed by atoms with Gasteiger partial charge in [-0.05, 0) is 86.4 Å². The Labute approximate surface area is 202 Å². The van der Waals surface area contributed by atoms with Crippen molar-refractivity contribution in [2.24, 2.45) is 0 Å². The maximum absolute atomic E-state index is 13.2. The highest BCUT2D eigenvalue weighted by Crippen LogP contribution is 2.28. The van der Waals surface area contributed by atoms with Crippen LogP contribution in [0.1, 0.15) is 45.4 Å². The zero-order valence-corrected chi connectivity index (χ0v) is 19.9. The van der Waals surface area contributed by atoms with E-state index >= 15 is 0 Å². The summed E-state index contributed by atoms with van der Waals surface area (Å²) in [4.78, 5) is 50.6. The number of hydrogen-bond acceptors (Lipinski definition) is 4. The lowest BCUT2D eigenvalue weighted by atomic mass is 10.1. The lowest BCUT2D eigenvalue weighted by Crippen LogP contribution is -2.54. The molecule has 4 rings (SSSR count). The van der Waals surface area contributed by atoms with E-state index in [4.69, 9.17) is 0 Å². The van der Waals surface area contributed by atoms with Crippen LogP contribution in [0, 0.1) is 20.8 Å². The topological polar surface area (TPSA) is 109 Å². The second-order valence-corrected chi connectivity index (χ2v) is 8.45. The SMILES string of the molecule is CCc1ccc(N2C(=O)NC(=O)/C(=C/c3cc(C)n(-c4ccc(C(=O)O)cc4C)c3C)C2=O)cc1. The van der Waals surface area contributed by atoms with Crippen LogP contribution < -0.4 is 10.2 Å². The number of aromatic nitrogens is 1. The van der Waals surface area contributed by atoms with Gasteiger partial charge < -0.3 is 9.67 Å². The van der Waals surface area contributed by atoms with Crippen LogP contribution in [0.2, 0.25) is 0 Å². The minimum atomic E-state index is -1.00. The van der Waals surface area contributed by atoms with Crippen molar-refractivity contribution in [1.29, 1.82) is 0 Å². The smallest absolute Gasteiger partial charge is 0.335 e. The Kier molecular flexibility index (Phi) is 6.13. The molecule has 1 aliphatic heterocycles. The van der Waals surface area contributed by atoms with Crippen molar-refractivity contribution in [3.05, 3.63) is 87.7 Å². The number of urea groups is 1. The number of carboxylic acid groups (broad SMARTS) is 1. The summed E-state index contributed by atoms with van der Waals surface area (Å²) in [5.41, 5.74) is 5.28. The van der Waals surface area contributed by atoms with Crippen molar-refractivity contribution in [2.45, 2.75) is 34.1 Å². The number of rotatable bonds is 5. The quantitative estimate of drug-likeness (QED) is 0.425. The van der Waals surface area contributed by atoms with Crippen molar-refractivity contribution in [3.63, 3.8) is 0 Å². The predicted molar refractivity (Wildman–Crippen MR) is 132 cm³/mol. The molecule has 1 aliphatic rings. The van der Waals surface area contributed by atoms with E-state index in [1.54, 1.807) is 24.3 Å². The van der Waals surface area contributed by atoms with Crippen LogP contribution in [0.5, 0.6) is 0 Å². The van der Waals surface area contributed by atoms with E-state index in [9.17, 15) is 24.3 Å². The van der Waals surface area contributed by atoms with Crippen molar-refractivity contribution < 1.29 is 24.3 Å². The summed E-state index contributed by atoms with van der Waals surface area (Å²) in [6.07, 6.45) is 2.30. The van der Waals surface area contributed by atoms with E-state index in [0.29, 0.717) is 11.3 Å². The Balaban J connectivity index is 1.74. The molecule has 0 atom stereocenters. The molecule has 3 aromatic rings. The van der Waals surface area contributed by atoms with Crippen LogP contribution >= 0.6 is 0 Å². The molecule has 2 heterocycles. The molecule has 0 bridgehead atoms. The van der Waals surface area contributed by atoms with Crippen LogP contribution in [-0.2, 0) is 16.0 Å². The van der Waals surface area contributed by atoms with E-state index in [1.165, 1.54) is 12.1 Å². The van der Waals surface area contributed by atoms with Gasteiger partial charge in [0.15, 0.2) is 0 Å². The maximum atomic E-state index is 13.2. The molecule has 35 heavy (non-hydrogen) atoms. The van der Waals surface area contributed by atoms with Crippen LogP contribution in [0.3, 0.4) is 0 Å². The lowest BCUT2D eigenvalue weighted by Gasteiger charge is -2.26. The van der Waals surface area contributed by atoms with E-state index in [-0.39, 0.29) is 11.1 Å². The minimum Gasteiger partial charge on any atom is -0.478 e. The number of anilines is 1. The molecule has 2 aromatic carbocycles. The first kappa shape index (κ1) is 23.7. The molecule has 8 nitrogen and oxygen atoms in total. The monoisotopic (exact) mass is 471 g/mol. The molecule has 1 aromatic heterocycles. The van der Waals surface area contributed by atoms with E-state index in [1.807, 2.05) is 50.5 Å². The van der Waals surface area contributed by atoms with E-state index in [2.05, 4.69) is 5.32 Å². The third kappa shape index (κ3) is 4.26. The number of amides is 4. The molecule has 2 N–H and O–H groups in total. The first-order valence-corrected chi connectivity index (χ1v) is 11.2. The Hall–Kier alpha value is -4.46. The molecule has 8 heteroatoms.